The second-order valence-corrected chi connectivity index (χ2v) is 3.37. The number of nitrogens with one attached hydrogen (secondary N) is 1. The van der Waals surface area contributed by atoms with Crippen LogP contribution in [-0.4, -0.2) is 15.8 Å². The van der Waals surface area contributed by atoms with Gasteiger partial charge in [0.25, 0.3) is 5.56 Å². The predicted molar refractivity (Wildman–Crippen MR) is 62.1 cm³/mol. The van der Waals surface area contributed by atoms with Gasteiger partial charge in [0.1, 0.15) is 0 Å². The second kappa shape index (κ2) is 4.28. The Bertz CT molecular complexity index is 560. The predicted octanol–water partition coefficient (Wildman–Crippen LogP) is 2.18. The average molecular weight is 221 g/mol. The molecule has 0 spiro atoms. The van der Waals surface area contributed by atoms with Gasteiger partial charge in [-0.1, -0.05) is 18.2 Å². The summed E-state index contributed by atoms with van der Waals surface area (Å²) < 4.78 is 0. The number of nitrogens with zero attached hydrogens (tertiary/aromatic N) is 1. The maximum Gasteiger partial charge on any atom is 0.258 e. The number of aromatic amines is 1. The maximum absolute atomic E-state index is 11.4. The molecule has 0 aliphatic rings. The molecular formula is C11H9ClN2O. The SMILES string of the molecule is O=c1[nH]cnc2cc(C=CCCl)ccc12. The van der Waals surface area contributed by atoms with Crippen molar-refractivity contribution in [1.82, 2.24) is 9.97 Å². The molecule has 2 rings (SSSR count). The summed E-state index contributed by atoms with van der Waals surface area (Å²) in [5, 5.41) is 0.598. The molecule has 0 unspecified atom stereocenters. The van der Waals surface area contributed by atoms with Crippen molar-refractivity contribution < 1.29 is 0 Å². The molecule has 1 aromatic heterocycles. The highest BCUT2D eigenvalue weighted by Gasteiger charge is 1.98. The molecule has 0 bridgehead atoms. The fourth-order valence-corrected chi connectivity index (χ4v) is 1.46. The topological polar surface area (TPSA) is 45.8 Å². The summed E-state index contributed by atoms with van der Waals surface area (Å²) in [7, 11) is 0. The molecule has 76 valence electrons. The van der Waals surface area contributed by atoms with Crippen LogP contribution >= 0.6 is 11.6 Å². The van der Waals surface area contributed by atoms with E-state index in [2.05, 4.69) is 9.97 Å². The van der Waals surface area contributed by atoms with Crippen molar-refractivity contribution in [3.8, 4) is 0 Å². The van der Waals surface area contributed by atoms with E-state index >= 15 is 0 Å². The Kier molecular flexibility index (Phi) is 2.83. The van der Waals surface area contributed by atoms with E-state index in [1.807, 2.05) is 24.3 Å². The summed E-state index contributed by atoms with van der Waals surface area (Å²) >= 11 is 5.54. The first-order valence-corrected chi connectivity index (χ1v) is 5.04. The molecule has 0 aliphatic carbocycles. The van der Waals surface area contributed by atoms with Gasteiger partial charge in [0.15, 0.2) is 0 Å². The highest BCUT2D eigenvalue weighted by Crippen LogP contribution is 2.10. The first-order chi connectivity index (χ1) is 7.31. The largest absolute Gasteiger partial charge is 0.313 e. The molecule has 1 N–H and O–H groups in total. The quantitative estimate of drug-likeness (QED) is 0.789. The molecule has 1 heterocycles. The summed E-state index contributed by atoms with van der Waals surface area (Å²) in [6.45, 7) is 0. The van der Waals surface area contributed by atoms with Gasteiger partial charge in [-0.2, -0.15) is 0 Å². The van der Waals surface area contributed by atoms with E-state index in [-0.39, 0.29) is 5.56 Å². The molecule has 0 fully saturated rings. The Labute approximate surface area is 91.4 Å². The zero-order valence-corrected chi connectivity index (χ0v) is 8.66. The Morgan fingerprint density at radius 3 is 3.13 bits per heavy atom. The molecule has 0 amide bonds. The van der Waals surface area contributed by atoms with Crippen molar-refractivity contribution in [1.29, 1.82) is 0 Å². The van der Waals surface area contributed by atoms with E-state index in [1.165, 1.54) is 6.33 Å². The number of allylic oxidation sites excluding steroid dienone is 1. The number of H-pyrrole nitrogens is 1. The van der Waals surface area contributed by atoms with E-state index in [0.29, 0.717) is 16.8 Å². The van der Waals surface area contributed by atoms with Crippen molar-refractivity contribution in [3.63, 3.8) is 0 Å². The third-order valence-electron chi connectivity index (χ3n) is 2.07. The Morgan fingerprint density at radius 1 is 1.47 bits per heavy atom. The third kappa shape index (κ3) is 2.07. The minimum absolute atomic E-state index is 0.118. The first kappa shape index (κ1) is 9.93. The highest BCUT2D eigenvalue weighted by molar-refractivity contribution is 6.19. The number of hydrogen-bond donors (Lipinski definition) is 1. The molecule has 0 saturated heterocycles. The highest BCUT2D eigenvalue weighted by atomic mass is 35.5. The molecule has 0 atom stereocenters. The molecular weight excluding hydrogens is 212 g/mol. The number of fused-ring (bicyclic) bond motifs is 1. The van der Waals surface area contributed by atoms with Crippen LogP contribution in [0.4, 0.5) is 0 Å². The number of halogens is 1. The number of benzene rings is 1. The second-order valence-electron chi connectivity index (χ2n) is 3.06. The summed E-state index contributed by atoms with van der Waals surface area (Å²) in [4.78, 5) is 18.0. The lowest BCUT2D eigenvalue weighted by Gasteiger charge is -1.97. The molecule has 0 radical (unpaired) electrons. The average Bonchev–Trinajstić information content (AvgIpc) is 2.26. The van der Waals surface area contributed by atoms with Gasteiger partial charge in [-0.3, -0.25) is 4.79 Å². The summed E-state index contributed by atoms with van der Waals surface area (Å²) in [5.41, 5.74) is 1.56. The van der Waals surface area contributed by atoms with Crippen molar-refractivity contribution in [3.05, 3.63) is 46.5 Å². The molecule has 3 nitrogen and oxygen atoms in total. The molecule has 1 aromatic carbocycles. The zero-order chi connectivity index (χ0) is 10.7. The van der Waals surface area contributed by atoms with Gasteiger partial charge in [0.2, 0.25) is 0 Å². The lowest BCUT2D eigenvalue weighted by atomic mass is 10.1. The van der Waals surface area contributed by atoms with E-state index in [0.717, 1.165) is 5.56 Å². The van der Waals surface area contributed by atoms with Gasteiger partial charge >= 0.3 is 0 Å². The van der Waals surface area contributed by atoms with Gasteiger partial charge in [0.05, 0.1) is 17.2 Å². The Hall–Kier alpha value is -1.61. The van der Waals surface area contributed by atoms with Crippen LogP contribution in [0, 0.1) is 0 Å². The molecule has 4 heteroatoms. The fraction of sp³-hybridized carbons (Fsp3) is 0.0909. The number of rotatable bonds is 2. The minimum Gasteiger partial charge on any atom is -0.313 e. The molecule has 0 aliphatic heterocycles. The van der Waals surface area contributed by atoms with Gasteiger partial charge < -0.3 is 4.98 Å². The van der Waals surface area contributed by atoms with Crippen LogP contribution in [-0.2, 0) is 0 Å². The van der Waals surface area contributed by atoms with Crippen LogP contribution in [0.2, 0.25) is 0 Å². The summed E-state index contributed by atoms with van der Waals surface area (Å²) in [6, 6.07) is 5.48. The van der Waals surface area contributed by atoms with Crippen molar-refractivity contribution in [2.45, 2.75) is 0 Å². The lowest BCUT2D eigenvalue weighted by molar-refractivity contribution is 1.17. The van der Waals surface area contributed by atoms with Gasteiger partial charge in [0, 0.05) is 5.88 Å². The molecule has 0 saturated carbocycles. The van der Waals surface area contributed by atoms with Gasteiger partial charge in [-0.05, 0) is 17.7 Å². The van der Waals surface area contributed by atoms with Crippen LogP contribution in [0.15, 0.2) is 35.4 Å². The third-order valence-corrected chi connectivity index (χ3v) is 2.24. The van der Waals surface area contributed by atoms with Crippen molar-refractivity contribution in [2.75, 3.05) is 5.88 Å². The van der Waals surface area contributed by atoms with Crippen molar-refractivity contribution >= 4 is 28.6 Å². The van der Waals surface area contributed by atoms with E-state index in [4.69, 9.17) is 11.6 Å². The zero-order valence-electron chi connectivity index (χ0n) is 7.90. The van der Waals surface area contributed by atoms with E-state index < -0.39 is 0 Å². The van der Waals surface area contributed by atoms with Crippen molar-refractivity contribution in [2.24, 2.45) is 0 Å². The van der Waals surface area contributed by atoms with Crippen LogP contribution in [0.1, 0.15) is 5.56 Å². The summed E-state index contributed by atoms with van der Waals surface area (Å²) in [5.74, 6) is 0.473. The van der Waals surface area contributed by atoms with Crippen LogP contribution < -0.4 is 5.56 Å². The Balaban J connectivity index is 2.57. The maximum atomic E-state index is 11.4. The van der Waals surface area contributed by atoms with E-state index in [9.17, 15) is 4.79 Å². The van der Waals surface area contributed by atoms with Crippen LogP contribution in [0.25, 0.3) is 17.0 Å². The number of hydrogen-bond acceptors (Lipinski definition) is 2. The monoisotopic (exact) mass is 220 g/mol. The number of aromatic nitrogens is 2. The molecule has 15 heavy (non-hydrogen) atoms. The van der Waals surface area contributed by atoms with Crippen LogP contribution in [0.3, 0.4) is 0 Å². The van der Waals surface area contributed by atoms with Crippen LogP contribution in [0.5, 0.6) is 0 Å². The minimum atomic E-state index is -0.118. The van der Waals surface area contributed by atoms with E-state index in [1.54, 1.807) is 6.07 Å². The lowest BCUT2D eigenvalue weighted by Crippen LogP contribution is -2.05. The standard InChI is InChI=1S/C11H9ClN2O/c12-5-1-2-8-3-4-9-10(6-8)13-7-14-11(9)15/h1-4,6-7H,5H2,(H,13,14,15). The first-order valence-electron chi connectivity index (χ1n) is 4.51. The summed E-state index contributed by atoms with van der Waals surface area (Å²) in [6.07, 6.45) is 5.14. The van der Waals surface area contributed by atoms with Gasteiger partial charge in [-0.25, -0.2) is 4.98 Å². The van der Waals surface area contributed by atoms with Gasteiger partial charge in [-0.15, -0.1) is 11.6 Å². The normalized spacial score (nSPS) is 11.3. The smallest absolute Gasteiger partial charge is 0.258 e. The Morgan fingerprint density at radius 2 is 2.33 bits per heavy atom. The number of alkyl halides is 1. The molecule has 2 aromatic rings. The fourth-order valence-electron chi connectivity index (χ4n) is 1.37.